The second-order valence-corrected chi connectivity index (χ2v) is 20.9. The lowest BCUT2D eigenvalue weighted by Gasteiger charge is -2.35. The molecule has 6 aromatic rings. The van der Waals surface area contributed by atoms with Crippen LogP contribution in [0.1, 0.15) is 84.1 Å². The Kier molecular flexibility index (Phi) is 15.0. The third-order valence-electron chi connectivity index (χ3n) is 13.0. The second kappa shape index (κ2) is 21.0. The van der Waals surface area contributed by atoms with Crippen LogP contribution in [0, 0.1) is 35.3 Å². The number of thiocarbonyl (C=S) groups is 1. The summed E-state index contributed by atoms with van der Waals surface area (Å²) in [5.41, 5.74) is -0.566. The van der Waals surface area contributed by atoms with Crippen molar-refractivity contribution in [1.29, 1.82) is 5.26 Å². The number of aryl methyl sites for hydroxylation is 1. The summed E-state index contributed by atoms with van der Waals surface area (Å²) in [7, 11) is 0. The summed E-state index contributed by atoms with van der Waals surface area (Å²) in [5.74, 6) is -6.44. The first-order valence-electron chi connectivity index (χ1n) is 23.5. The number of nitrogens with zero attached hydrogens (tertiary/aromatic N) is 6. The molecule has 0 bridgehead atoms. The first kappa shape index (κ1) is 54.3. The number of aliphatic hydroxyl groups is 1. The van der Waals surface area contributed by atoms with E-state index in [1.165, 1.54) is 65.4 Å². The van der Waals surface area contributed by atoms with Crippen molar-refractivity contribution in [2.24, 2.45) is 5.41 Å². The lowest BCUT2D eigenvalue weighted by Crippen LogP contribution is -2.57. The van der Waals surface area contributed by atoms with Crippen molar-refractivity contribution in [3.8, 4) is 27.8 Å². The minimum absolute atomic E-state index is 0.0191. The van der Waals surface area contributed by atoms with Crippen LogP contribution in [0.5, 0.6) is 0 Å². The third kappa shape index (κ3) is 10.8. The Morgan fingerprint density at radius 1 is 0.934 bits per heavy atom. The molecule has 0 unspecified atom stereocenters. The van der Waals surface area contributed by atoms with Crippen LogP contribution >= 0.6 is 23.6 Å². The molecule has 2 aromatic heterocycles. The first-order valence-corrected chi connectivity index (χ1v) is 24.8. The van der Waals surface area contributed by atoms with Crippen LogP contribution in [-0.2, 0) is 27.1 Å². The highest BCUT2D eigenvalue weighted by Gasteiger charge is 2.52. The Morgan fingerprint density at radius 3 is 2.21 bits per heavy atom. The molecule has 392 valence electrons. The number of carbonyl (C=O) groups is 5. The molecule has 4 N–H and O–H groups in total. The number of hydrogen-bond acceptors (Lipinski definition) is 11. The monoisotopic (exact) mass is 1080 g/mol. The Hall–Kier alpha value is -8.00. The fourth-order valence-electron chi connectivity index (χ4n) is 9.00. The van der Waals surface area contributed by atoms with Crippen LogP contribution < -0.4 is 25.8 Å². The van der Waals surface area contributed by atoms with Gasteiger partial charge in [0, 0.05) is 36.3 Å². The minimum atomic E-state index is -5.24. The van der Waals surface area contributed by atoms with Crippen LogP contribution in [0.25, 0.3) is 21.7 Å². The SMILES string of the molecule is Cc1ncsc1-c1ccc(CNC(=O)[C@@H]2C[C@@H](O)CN2C(=O)[C@@H](NC(=O)c2ccc(C(=O)Nc3ccc(-c4ccc(N5C(=S)N(c6ccc(C#N)c(C(F)(F)F)c6F)C(=O)C5(C)C)cn4)cc3)c(F)c2)C(C)(C)C)cc1. The normalized spacial score (nSPS) is 16.9. The maximum absolute atomic E-state index is 15.7. The molecule has 5 amide bonds. The predicted molar refractivity (Wildman–Crippen MR) is 278 cm³/mol. The number of aromatic nitrogens is 2. The molecule has 2 aliphatic rings. The number of halogens is 5. The fourth-order valence-corrected chi connectivity index (χ4v) is 10.3. The zero-order valence-corrected chi connectivity index (χ0v) is 43.2. The van der Waals surface area contributed by atoms with Crippen molar-refractivity contribution >= 4 is 75.3 Å². The molecule has 15 nitrogen and oxygen atoms in total. The number of amides is 5. The molecule has 0 aliphatic carbocycles. The number of hydrogen-bond donors (Lipinski definition) is 4. The number of alkyl halides is 3. The van der Waals surface area contributed by atoms with E-state index in [1.807, 2.05) is 31.2 Å². The van der Waals surface area contributed by atoms with E-state index in [4.69, 9.17) is 12.2 Å². The molecule has 2 fully saturated rings. The molecule has 0 spiro atoms. The standard InChI is InChI=1S/C54H48F5N9O6S2/c1-28-44(76-27-63-28)31-9-7-29(8-10-31)24-62-48(72)41-22-36(69)26-66(41)49(73)45(52(2,3)4)65-46(70)32-13-18-37(38(55)21-32)47(71)64-34-15-11-30(12-16-34)39-19-17-35(25-61-39)68-51(75)67(50(74)53(68,5)6)40-20-14-33(23-60)42(43(40)56)54(57,58)59/h7-21,25,27,36,41,45,69H,22,24,26H2,1-6H3,(H,62,72)(H,64,71)(H,65,70)/t36-,41+,45-/m1/s1. The van der Waals surface area contributed by atoms with Crippen molar-refractivity contribution in [3.05, 3.63) is 148 Å². The van der Waals surface area contributed by atoms with E-state index in [-0.39, 0.29) is 41.6 Å². The maximum Gasteiger partial charge on any atom is 0.420 e. The van der Waals surface area contributed by atoms with E-state index in [0.29, 0.717) is 16.2 Å². The number of nitrogens with one attached hydrogen (secondary N) is 3. The highest BCUT2D eigenvalue weighted by molar-refractivity contribution is 7.81. The van der Waals surface area contributed by atoms with Crippen molar-refractivity contribution in [1.82, 2.24) is 25.5 Å². The van der Waals surface area contributed by atoms with Gasteiger partial charge in [0.1, 0.15) is 29.0 Å². The average molecular weight is 1080 g/mol. The molecule has 0 radical (unpaired) electrons. The third-order valence-corrected chi connectivity index (χ3v) is 14.4. The number of nitriles is 1. The topological polar surface area (TPSA) is 201 Å². The molecule has 2 saturated heterocycles. The minimum Gasteiger partial charge on any atom is -0.391 e. The lowest BCUT2D eigenvalue weighted by atomic mass is 9.85. The lowest BCUT2D eigenvalue weighted by molar-refractivity contribution is -0.142. The van der Waals surface area contributed by atoms with Crippen LogP contribution in [0.2, 0.25) is 0 Å². The smallest absolute Gasteiger partial charge is 0.391 e. The Labute approximate surface area is 442 Å². The molecule has 22 heteroatoms. The van der Waals surface area contributed by atoms with Gasteiger partial charge in [-0.3, -0.25) is 33.9 Å². The first-order chi connectivity index (χ1) is 35.8. The summed E-state index contributed by atoms with van der Waals surface area (Å²) in [5, 5.41) is 27.7. The van der Waals surface area contributed by atoms with Gasteiger partial charge in [0.25, 0.3) is 17.7 Å². The number of rotatable bonds is 12. The number of pyridine rings is 1. The second-order valence-electron chi connectivity index (χ2n) is 19.7. The zero-order valence-electron chi connectivity index (χ0n) is 41.5. The molecular weight excluding hydrogens is 1030 g/mol. The zero-order chi connectivity index (χ0) is 55.2. The van der Waals surface area contributed by atoms with Crippen molar-refractivity contribution < 1.29 is 51.0 Å². The van der Waals surface area contributed by atoms with Crippen LogP contribution in [0.4, 0.5) is 39.0 Å². The molecule has 2 aliphatic heterocycles. The fraction of sp³-hybridized carbons (Fsp3) is 0.278. The van der Waals surface area contributed by atoms with E-state index in [0.717, 1.165) is 46.0 Å². The van der Waals surface area contributed by atoms with Crippen molar-refractivity contribution in [3.63, 3.8) is 0 Å². The number of benzene rings is 4. The molecule has 4 heterocycles. The summed E-state index contributed by atoms with van der Waals surface area (Å²) in [6, 6.07) is 21.0. The van der Waals surface area contributed by atoms with Gasteiger partial charge in [-0.2, -0.15) is 18.4 Å². The number of likely N-dealkylation sites (tertiary alicyclic amines) is 1. The summed E-state index contributed by atoms with van der Waals surface area (Å²) < 4.78 is 72.6. The largest absolute Gasteiger partial charge is 0.420 e. The van der Waals surface area contributed by atoms with Crippen LogP contribution in [-0.4, -0.2) is 84.9 Å². The van der Waals surface area contributed by atoms with E-state index >= 15 is 8.78 Å². The van der Waals surface area contributed by atoms with E-state index in [2.05, 4.69) is 25.9 Å². The molecule has 4 aromatic carbocycles. The molecule has 76 heavy (non-hydrogen) atoms. The van der Waals surface area contributed by atoms with Gasteiger partial charge in [-0.05, 0) is 104 Å². The van der Waals surface area contributed by atoms with E-state index in [9.17, 15) is 47.5 Å². The maximum atomic E-state index is 15.7. The highest BCUT2D eigenvalue weighted by Crippen LogP contribution is 2.42. The molecule has 8 rings (SSSR count). The van der Waals surface area contributed by atoms with Crippen LogP contribution in [0.3, 0.4) is 0 Å². The summed E-state index contributed by atoms with van der Waals surface area (Å²) in [4.78, 5) is 81.4. The Balaban J connectivity index is 0.889. The average Bonchev–Trinajstić information content (AvgIpc) is 4.03. The van der Waals surface area contributed by atoms with Gasteiger partial charge in [-0.15, -0.1) is 11.3 Å². The quantitative estimate of drug-likeness (QED) is 0.0674. The van der Waals surface area contributed by atoms with Crippen molar-refractivity contribution in [2.75, 3.05) is 21.7 Å². The Morgan fingerprint density at radius 2 is 1.62 bits per heavy atom. The van der Waals surface area contributed by atoms with Gasteiger partial charge in [0.05, 0.1) is 62.6 Å². The van der Waals surface area contributed by atoms with Gasteiger partial charge in [-0.25, -0.2) is 13.8 Å². The summed E-state index contributed by atoms with van der Waals surface area (Å²) in [6.45, 7) is 9.98. The summed E-state index contributed by atoms with van der Waals surface area (Å²) >= 11 is 7.05. The summed E-state index contributed by atoms with van der Waals surface area (Å²) in [6.07, 6.45) is -4.89. The predicted octanol–water partition coefficient (Wildman–Crippen LogP) is 8.94. The number of thiazole rings is 1. The highest BCUT2D eigenvalue weighted by atomic mass is 32.1. The molecule has 0 saturated carbocycles. The van der Waals surface area contributed by atoms with Crippen molar-refractivity contribution in [2.45, 2.75) is 84.4 Å². The van der Waals surface area contributed by atoms with Gasteiger partial charge in [0.2, 0.25) is 11.8 Å². The molecular formula is C54H48F5N9O6S2. The number of aliphatic hydroxyl groups excluding tert-OH is 1. The number of anilines is 3. The number of carbonyl (C=O) groups excluding carboxylic acids is 5. The molecule has 3 atom stereocenters. The van der Waals surface area contributed by atoms with Gasteiger partial charge >= 0.3 is 6.18 Å². The number of β-amino-alcohol motifs (C(OH)–C–C–N with tert-alkyl or cyclic N) is 1. The van der Waals surface area contributed by atoms with E-state index in [1.54, 1.807) is 50.5 Å². The van der Waals surface area contributed by atoms with Gasteiger partial charge in [0.15, 0.2) is 10.9 Å². The van der Waals surface area contributed by atoms with Crippen LogP contribution in [0.15, 0.2) is 103 Å². The van der Waals surface area contributed by atoms with E-state index < -0.39 is 98.9 Å². The van der Waals surface area contributed by atoms with Gasteiger partial charge in [-0.1, -0.05) is 57.2 Å². The van der Waals surface area contributed by atoms with Gasteiger partial charge < -0.3 is 30.9 Å². The Bertz CT molecular complexity index is 3340.